The number of nitrogens with zero attached hydrogens (tertiary/aromatic N) is 2. The van der Waals surface area contributed by atoms with Crippen LogP contribution in [-0.4, -0.2) is 68.1 Å². The lowest BCUT2D eigenvalue weighted by molar-refractivity contribution is -0.136. The zero-order valence-corrected chi connectivity index (χ0v) is 14.6. The quantitative estimate of drug-likeness (QED) is 0.779. The van der Waals surface area contributed by atoms with E-state index in [1.54, 1.807) is 32.3 Å². The van der Waals surface area contributed by atoms with Crippen LogP contribution in [-0.2, 0) is 9.59 Å². The lowest BCUT2D eigenvalue weighted by Crippen LogP contribution is -2.44. The van der Waals surface area contributed by atoms with E-state index in [9.17, 15) is 14.4 Å². The maximum Gasteiger partial charge on any atom is 0.305 e. The molecule has 0 saturated heterocycles. The van der Waals surface area contributed by atoms with Gasteiger partial charge in [-0.3, -0.25) is 14.4 Å². The largest absolute Gasteiger partial charge is 0.489 e. The van der Waals surface area contributed by atoms with Gasteiger partial charge in [0.25, 0.3) is 5.91 Å². The number of aliphatic carboxylic acids is 1. The number of rotatable bonds is 6. The molecule has 1 aliphatic rings. The van der Waals surface area contributed by atoms with E-state index in [-0.39, 0.29) is 37.2 Å². The molecule has 8 nitrogen and oxygen atoms in total. The fourth-order valence-electron chi connectivity index (χ4n) is 2.59. The second-order valence-corrected chi connectivity index (χ2v) is 6.16. The van der Waals surface area contributed by atoms with Crippen LogP contribution in [0.5, 0.6) is 5.75 Å². The van der Waals surface area contributed by atoms with Crippen molar-refractivity contribution in [3.63, 3.8) is 0 Å². The molecule has 2 amide bonds. The van der Waals surface area contributed by atoms with E-state index in [0.29, 0.717) is 17.9 Å². The van der Waals surface area contributed by atoms with Crippen LogP contribution in [0.15, 0.2) is 18.2 Å². The van der Waals surface area contributed by atoms with E-state index in [1.807, 2.05) is 11.9 Å². The van der Waals surface area contributed by atoms with Crippen molar-refractivity contribution in [2.75, 3.05) is 39.2 Å². The number of carboxylic acid groups (broad SMARTS) is 1. The first kappa shape index (κ1) is 18.6. The highest BCUT2D eigenvalue weighted by atomic mass is 16.5. The zero-order valence-electron chi connectivity index (χ0n) is 14.6. The summed E-state index contributed by atoms with van der Waals surface area (Å²) in [6.45, 7) is 0.445. The Morgan fingerprint density at radius 2 is 2.08 bits per heavy atom. The lowest BCUT2D eigenvalue weighted by Gasteiger charge is -2.35. The van der Waals surface area contributed by atoms with Crippen LogP contribution in [0.25, 0.3) is 0 Å². The molecule has 2 N–H and O–H groups in total. The third kappa shape index (κ3) is 4.62. The minimum Gasteiger partial charge on any atom is -0.489 e. The summed E-state index contributed by atoms with van der Waals surface area (Å²) < 4.78 is 5.70. The van der Waals surface area contributed by atoms with E-state index >= 15 is 0 Å². The maximum atomic E-state index is 12.1. The second kappa shape index (κ2) is 7.87. The molecule has 0 bridgehead atoms. The van der Waals surface area contributed by atoms with Gasteiger partial charge < -0.3 is 25.0 Å². The highest BCUT2D eigenvalue weighted by Crippen LogP contribution is 2.34. The third-order valence-corrected chi connectivity index (χ3v) is 4.05. The van der Waals surface area contributed by atoms with Gasteiger partial charge in [-0.25, -0.2) is 0 Å². The van der Waals surface area contributed by atoms with Crippen LogP contribution in [0.4, 0.5) is 5.69 Å². The Bertz CT molecular complexity index is 674. The standard InChI is InChI=1S/C17H23N3O5/c1-19(2)17(24)11-4-5-14-13(8-11)20(3)12(10-25-14)9-15(21)18-7-6-16(22)23/h4-5,8,12H,6-7,9-10H2,1-3H3,(H,18,21)(H,22,23). The van der Waals surface area contributed by atoms with E-state index in [0.717, 1.165) is 5.69 Å². The van der Waals surface area contributed by atoms with E-state index in [1.165, 1.54) is 4.90 Å². The summed E-state index contributed by atoms with van der Waals surface area (Å²) in [5.41, 5.74) is 1.30. The predicted octanol–water partition coefficient (Wildman–Crippen LogP) is 0.567. The first-order valence-corrected chi connectivity index (χ1v) is 7.99. The molecule has 136 valence electrons. The first-order valence-electron chi connectivity index (χ1n) is 7.99. The average Bonchev–Trinajstić information content (AvgIpc) is 2.56. The molecule has 0 spiro atoms. The smallest absolute Gasteiger partial charge is 0.305 e. The molecule has 1 atom stereocenters. The predicted molar refractivity (Wildman–Crippen MR) is 92.0 cm³/mol. The summed E-state index contributed by atoms with van der Waals surface area (Å²) in [4.78, 5) is 38.0. The number of carbonyl (C=O) groups excluding carboxylic acids is 2. The SMILES string of the molecule is CN(C)C(=O)c1ccc2c(c1)N(C)C(CC(=O)NCCC(=O)O)CO2. The maximum absolute atomic E-state index is 12.1. The van der Waals surface area contributed by atoms with Crippen LogP contribution < -0.4 is 15.0 Å². The Morgan fingerprint density at radius 1 is 1.36 bits per heavy atom. The molecule has 1 aromatic carbocycles. The monoisotopic (exact) mass is 349 g/mol. The van der Waals surface area contributed by atoms with Crippen molar-refractivity contribution < 1.29 is 24.2 Å². The minimum absolute atomic E-state index is 0.101. The number of carbonyl (C=O) groups is 3. The number of ether oxygens (including phenoxy) is 1. The minimum atomic E-state index is -0.953. The Kier molecular flexibility index (Phi) is 5.84. The van der Waals surface area contributed by atoms with Crippen molar-refractivity contribution in [1.82, 2.24) is 10.2 Å². The molecule has 1 aliphatic heterocycles. The summed E-state index contributed by atoms with van der Waals surface area (Å²) in [5, 5.41) is 11.2. The van der Waals surface area contributed by atoms with Crippen molar-refractivity contribution >= 4 is 23.5 Å². The molecule has 0 fully saturated rings. The molecule has 25 heavy (non-hydrogen) atoms. The van der Waals surface area contributed by atoms with Gasteiger partial charge in [-0.2, -0.15) is 0 Å². The topological polar surface area (TPSA) is 99.2 Å². The molecule has 0 radical (unpaired) electrons. The summed E-state index contributed by atoms with van der Waals surface area (Å²) in [6, 6.07) is 5.04. The molecular formula is C17H23N3O5. The van der Waals surface area contributed by atoms with Crippen molar-refractivity contribution in [3.05, 3.63) is 23.8 Å². The summed E-state index contributed by atoms with van der Waals surface area (Å²) in [6.07, 6.45) is 0.0724. The van der Waals surface area contributed by atoms with Gasteiger partial charge in [0, 0.05) is 33.3 Å². The van der Waals surface area contributed by atoms with Gasteiger partial charge in [0.05, 0.1) is 24.6 Å². The average molecular weight is 349 g/mol. The van der Waals surface area contributed by atoms with E-state index in [2.05, 4.69) is 5.32 Å². The zero-order chi connectivity index (χ0) is 18.6. The number of carboxylic acids is 1. The van der Waals surface area contributed by atoms with Crippen LogP contribution in [0.1, 0.15) is 23.2 Å². The summed E-state index contributed by atoms with van der Waals surface area (Å²) in [7, 11) is 5.22. The highest BCUT2D eigenvalue weighted by molar-refractivity contribution is 5.95. The van der Waals surface area contributed by atoms with Crippen LogP contribution in [0.3, 0.4) is 0 Å². The molecule has 0 saturated carbocycles. The van der Waals surface area contributed by atoms with Crippen molar-refractivity contribution in [2.45, 2.75) is 18.9 Å². The molecule has 0 aromatic heterocycles. The Labute approximate surface area is 146 Å². The van der Waals surface area contributed by atoms with E-state index < -0.39 is 5.97 Å². The molecule has 1 heterocycles. The number of benzene rings is 1. The van der Waals surface area contributed by atoms with E-state index in [4.69, 9.17) is 9.84 Å². The number of nitrogens with one attached hydrogen (secondary N) is 1. The first-order chi connectivity index (χ1) is 11.8. The number of hydrogen-bond donors (Lipinski definition) is 2. The summed E-state index contributed by atoms with van der Waals surface area (Å²) in [5.74, 6) is -0.624. The van der Waals surface area contributed by atoms with Gasteiger partial charge >= 0.3 is 5.97 Å². The Hall–Kier alpha value is -2.77. The fourth-order valence-corrected chi connectivity index (χ4v) is 2.59. The lowest BCUT2D eigenvalue weighted by atomic mass is 10.1. The number of likely N-dealkylation sites (N-methyl/N-ethyl adjacent to an activating group) is 1. The molecule has 8 heteroatoms. The van der Waals surface area contributed by atoms with Crippen molar-refractivity contribution in [3.8, 4) is 5.75 Å². The molecule has 2 rings (SSSR count). The number of amides is 2. The molecular weight excluding hydrogens is 326 g/mol. The number of anilines is 1. The van der Waals surface area contributed by atoms with Crippen molar-refractivity contribution in [1.29, 1.82) is 0 Å². The van der Waals surface area contributed by atoms with Gasteiger partial charge in [0.2, 0.25) is 5.91 Å². The van der Waals surface area contributed by atoms with Gasteiger partial charge in [-0.15, -0.1) is 0 Å². The van der Waals surface area contributed by atoms with Crippen molar-refractivity contribution in [2.24, 2.45) is 0 Å². The Balaban J connectivity index is 2.05. The highest BCUT2D eigenvalue weighted by Gasteiger charge is 2.27. The second-order valence-electron chi connectivity index (χ2n) is 6.16. The van der Waals surface area contributed by atoms with Gasteiger partial charge in [-0.1, -0.05) is 0 Å². The number of fused-ring (bicyclic) bond motifs is 1. The van der Waals surface area contributed by atoms with Crippen LogP contribution in [0, 0.1) is 0 Å². The molecule has 1 aromatic rings. The van der Waals surface area contributed by atoms with Gasteiger partial charge in [0.15, 0.2) is 0 Å². The number of hydrogen-bond acceptors (Lipinski definition) is 5. The third-order valence-electron chi connectivity index (χ3n) is 4.05. The fraction of sp³-hybridized carbons (Fsp3) is 0.471. The Morgan fingerprint density at radius 3 is 2.72 bits per heavy atom. The van der Waals surface area contributed by atoms with Gasteiger partial charge in [0.1, 0.15) is 12.4 Å². The normalized spacial score (nSPS) is 15.8. The van der Waals surface area contributed by atoms with Gasteiger partial charge in [-0.05, 0) is 18.2 Å². The van der Waals surface area contributed by atoms with Crippen LogP contribution in [0.2, 0.25) is 0 Å². The molecule has 0 aliphatic carbocycles. The molecule has 1 unspecified atom stereocenters. The van der Waals surface area contributed by atoms with Crippen LogP contribution >= 0.6 is 0 Å². The summed E-state index contributed by atoms with van der Waals surface area (Å²) >= 11 is 0.